The predicted octanol–water partition coefficient (Wildman–Crippen LogP) is 2.01. The summed E-state index contributed by atoms with van der Waals surface area (Å²) in [7, 11) is 0. The number of anilines is 1. The molecule has 1 unspecified atom stereocenters. The molecule has 2 heterocycles. The van der Waals surface area contributed by atoms with Crippen molar-refractivity contribution < 1.29 is 9.59 Å². The van der Waals surface area contributed by atoms with Gasteiger partial charge in [-0.15, -0.1) is 0 Å². The second-order valence-corrected chi connectivity index (χ2v) is 6.99. The van der Waals surface area contributed by atoms with E-state index in [4.69, 9.17) is 0 Å². The van der Waals surface area contributed by atoms with Gasteiger partial charge < -0.3 is 15.1 Å². The predicted molar refractivity (Wildman–Crippen MR) is 98.5 cm³/mol. The first-order valence-corrected chi connectivity index (χ1v) is 8.94. The third-order valence-corrected chi connectivity index (χ3v) is 5.32. The molecule has 2 amide bonds. The molecule has 130 valence electrons. The highest BCUT2D eigenvalue weighted by Crippen LogP contribution is 2.32. The molecule has 0 aliphatic carbocycles. The number of rotatable bonds is 2. The second kappa shape index (κ2) is 6.48. The van der Waals surface area contributed by atoms with Crippen LogP contribution in [0.4, 0.5) is 5.69 Å². The summed E-state index contributed by atoms with van der Waals surface area (Å²) in [5.74, 6) is -0.0883. The quantitative estimate of drug-likeness (QED) is 0.912. The molecule has 2 saturated heterocycles. The molecule has 0 radical (unpaired) electrons. The number of carbonyl (C=O) groups is 2. The highest BCUT2D eigenvalue weighted by atomic mass is 16.2. The van der Waals surface area contributed by atoms with Crippen LogP contribution in [0.15, 0.2) is 42.5 Å². The number of nitrogens with zero attached hydrogens (tertiary/aromatic N) is 2. The van der Waals surface area contributed by atoms with Crippen molar-refractivity contribution in [2.24, 2.45) is 5.92 Å². The maximum absolute atomic E-state index is 12.9. The highest BCUT2D eigenvalue weighted by molar-refractivity contribution is 6.07. The number of hydrogen-bond acceptors (Lipinski definition) is 3. The Morgan fingerprint density at radius 3 is 2.80 bits per heavy atom. The van der Waals surface area contributed by atoms with Crippen LogP contribution in [0.5, 0.6) is 0 Å². The van der Waals surface area contributed by atoms with Crippen molar-refractivity contribution in [2.75, 3.05) is 31.1 Å². The number of hydrogen-bond donors (Lipinski definition) is 1. The van der Waals surface area contributed by atoms with Gasteiger partial charge in [0, 0.05) is 44.0 Å². The van der Waals surface area contributed by atoms with Crippen LogP contribution in [0.1, 0.15) is 13.3 Å². The Kier molecular flexibility index (Phi) is 4.17. The fourth-order valence-electron chi connectivity index (χ4n) is 3.95. The average molecular weight is 337 g/mol. The number of fused-ring (bicyclic) bond motifs is 1. The van der Waals surface area contributed by atoms with Gasteiger partial charge in [0.05, 0.1) is 11.6 Å². The van der Waals surface area contributed by atoms with Gasteiger partial charge in [-0.05, 0) is 18.4 Å². The van der Waals surface area contributed by atoms with Crippen molar-refractivity contribution in [3.05, 3.63) is 42.5 Å². The molecule has 2 aliphatic heterocycles. The van der Waals surface area contributed by atoms with E-state index in [-0.39, 0.29) is 23.8 Å². The average Bonchev–Trinajstić information content (AvgIpc) is 3.02. The molecule has 0 spiro atoms. The lowest BCUT2D eigenvalue weighted by Crippen LogP contribution is -2.54. The molecular weight excluding hydrogens is 314 g/mol. The van der Waals surface area contributed by atoms with Gasteiger partial charge in [-0.2, -0.15) is 0 Å². The molecule has 0 aromatic heterocycles. The van der Waals surface area contributed by atoms with Crippen LogP contribution in [0.2, 0.25) is 0 Å². The van der Waals surface area contributed by atoms with Crippen molar-refractivity contribution in [2.45, 2.75) is 19.4 Å². The summed E-state index contributed by atoms with van der Waals surface area (Å²) in [6, 6.07) is 14.2. The maximum atomic E-state index is 12.9. The topological polar surface area (TPSA) is 52.7 Å². The van der Waals surface area contributed by atoms with Gasteiger partial charge in [-0.25, -0.2) is 0 Å². The minimum absolute atomic E-state index is 0.0393. The molecule has 0 bridgehead atoms. The molecule has 1 N–H and O–H groups in total. The smallest absolute Gasteiger partial charge is 0.228 e. The normalized spacial score (nSPS) is 24.1. The SMILES string of the molecule is C[C@@H]1CNCCN1C(=O)C1CC(=O)N(c2cccc3ccccc23)C1. The highest BCUT2D eigenvalue weighted by Gasteiger charge is 2.39. The van der Waals surface area contributed by atoms with Crippen LogP contribution < -0.4 is 10.2 Å². The number of benzene rings is 2. The van der Waals surface area contributed by atoms with Gasteiger partial charge in [-0.3, -0.25) is 9.59 Å². The largest absolute Gasteiger partial charge is 0.337 e. The molecule has 5 heteroatoms. The first kappa shape index (κ1) is 16.1. The summed E-state index contributed by atoms with van der Waals surface area (Å²) in [5, 5.41) is 5.47. The Morgan fingerprint density at radius 1 is 1.16 bits per heavy atom. The lowest BCUT2D eigenvalue weighted by molar-refractivity contribution is -0.138. The van der Waals surface area contributed by atoms with Crippen LogP contribution in [-0.4, -0.2) is 48.9 Å². The van der Waals surface area contributed by atoms with E-state index >= 15 is 0 Å². The lowest BCUT2D eigenvalue weighted by Gasteiger charge is -2.35. The van der Waals surface area contributed by atoms with Crippen LogP contribution in [0.3, 0.4) is 0 Å². The Morgan fingerprint density at radius 2 is 1.96 bits per heavy atom. The third kappa shape index (κ3) is 2.89. The van der Waals surface area contributed by atoms with Crippen molar-refractivity contribution in [3.63, 3.8) is 0 Å². The minimum Gasteiger partial charge on any atom is -0.337 e. The Balaban J connectivity index is 1.59. The van der Waals surface area contributed by atoms with Gasteiger partial charge in [0.2, 0.25) is 11.8 Å². The van der Waals surface area contributed by atoms with Crippen molar-refractivity contribution >= 4 is 28.3 Å². The summed E-state index contributed by atoms with van der Waals surface area (Å²) in [6.07, 6.45) is 0.304. The van der Waals surface area contributed by atoms with E-state index in [0.29, 0.717) is 13.0 Å². The molecule has 5 nitrogen and oxygen atoms in total. The molecule has 2 fully saturated rings. The zero-order valence-electron chi connectivity index (χ0n) is 14.4. The van der Waals surface area contributed by atoms with Gasteiger partial charge >= 0.3 is 0 Å². The molecular formula is C20H23N3O2. The van der Waals surface area contributed by atoms with Crippen molar-refractivity contribution in [3.8, 4) is 0 Å². The van der Waals surface area contributed by atoms with Crippen LogP contribution in [0.25, 0.3) is 10.8 Å². The van der Waals surface area contributed by atoms with E-state index in [1.165, 1.54) is 0 Å². The summed E-state index contributed by atoms with van der Waals surface area (Å²) in [4.78, 5) is 29.3. The maximum Gasteiger partial charge on any atom is 0.228 e. The van der Waals surface area contributed by atoms with Gasteiger partial charge in [0.1, 0.15) is 0 Å². The number of amides is 2. The number of carbonyl (C=O) groups excluding carboxylic acids is 2. The fourth-order valence-corrected chi connectivity index (χ4v) is 3.95. The zero-order valence-corrected chi connectivity index (χ0v) is 14.4. The molecule has 0 saturated carbocycles. The van der Waals surface area contributed by atoms with E-state index < -0.39 is 0 Å². The minimum atomic E-state index is -0.244. The van der Waals surface area contributed by atoms with Crippen molar-refractivity contribution in [1.29, 1.82) is 0 Å². The lowest BCUT2D eigenvalue weighted by atomic mass is 10.0. The first-order valence-electron chi connectivity index (χ1n) is 8.94. The van der Waals surface area contributed by atoms with Gasteiger partial charge in [0.25, 0.3) is 0 Å². The summed E-state index contributed by atoms with van der Waals surface area (Å²) < 4.78 is 0. The molecule has 2 aliphatic rings. The molecule has 2 aromatic carbocycles. The van der Waals surface area contributed by atoms with Crippen LogP contribution >= 0.6 is 0 Å². The monoisotopic (exact) mass is 337 g/mol. The second-order valence-electron chi connectivity index (χ2n) is 6.99. The first-order chi connectivity index (χ1) is 12.1. The van der Waals surface area contributed by atoms with Gasteiger partial charge in [0.15, 0.2) is 0 Å². The Bertz CT molecular complexity index is 814. The zero-order chi connectivity index (χ0) is 17.4. The fraction of sp³-hybridized carbons (Fsp3) is 0.400. The summed E-state index contributed by atoms with van der Waals surface area (Å²) in [6.45, 7) is 4.90. The number of nitrogens with one attached hydrogen (secondary N) is 1. The van der Waals surface area contributed by atoms with Crippen LogP contribution in [0, 0.1) is 5.92 Å². The molecule has 2 atom stereocenters. The van der Waals surface area contributed by atoms with Crippen molar-refractivity contribution in [1.82, 2.24) is 10.2 Å². The van der Waals surface area contributed by atoms with E-state index in [9.17, 15) is 9.59 Å². The van der Waals surface area contributed by atoms with Gasteiger partial charge in [-0.1, -0.05) is 36.4 Å². The molecule has 2 aromatic rings. The van der Waals surface area contributed by atoms with Crippen LogP contribution in [-0.2, 0) is 9.59 Å². The third-order valence-electron chi connectivity index (χ3n) is 5.32. The molecule has 4 rings (SSSR count). The number of piperazine rings is 1. The molecule has 25 heavy (non-hydrogen) atoms. The Labute approximate surface area is 147 Å². The summed E-state index contributed by atoms with van der Waals surface area (Å²) >= 11 is 0. The summed E-state index contributed by atoms with van der Waals surface area (Å²) in [5.41, 5.74) is 0.909. The van der Waals surface area contributed by atoms with E-state index in [0.717, 1.165) is 36.1 Å². The standard InChI is InChI=1S/C20H23N3O2/c1-14-12-21-9-10-22(14)20(25)16-11-19(24)23(13-16)18-8-4-6-15-5-2-3-7-17(15)18/h2-8,14,16,21H,9-13H2,1H3/t14-,16?/m1/s1. The van der Waals surface area contributed by atoms with E-state index in [1.807, 2.05) is 47.4 Å². The van der Waals surface area contributed by atoms with E-state index in [2.05, 4.69) is 12.2 Å². The van der Waals surface area contributed by atoms with E-state index in [1.54, 1.807) is 4.90 Å². The Hall–Kier alpha value is -2.40.